The Kier molecular flexibility index (Phi) is 5.20. The number of aryl methyl sites for hydroxylation is 2. The summed E-state index contributed by atoms with van der Waals surface area (Å²) in [7, 11) is 3.45. The summed E-state index contributed by atoms with van der Waals surface area (Å²) < 4.78 is 6.95. The van der Waals surface area contributed by atoms with E-state index in [4.69, 9.17) is 4.74 Å². The molecule has 8 heteroatoms. The van der Waals surface area contributed by atoms with Crippen molar-refractivity contribution in [1.29, 1.82) is 0 Å². The number of nitrogens with zero attached hydrogens (tertiary/aromatic N) is 5. The van der Waals surface area contributed by atoms with Crippen molar-refractivity contribution in [3.8, 4) is 5.75 Å². The summed E-state index contributed by atoms with van der Waals surface area (Å²) in [5.74, 6) is 1.39. The van der Waals surface area contributed by atoms with Gasteiger partial charge in [-0.3, -0.25) is 9.59 Å². The highest BCUT2D eigenvalue weighted by molar-refractivity contribution is 6.00. The fraction of sp³-hybridized carbons (Fsp3) is 0.444. The van der Waals surface area contributed by atoms with Crippen molar-refractivity contribution in [3.63, 3.8) is 0 Å². The number of carbonyl (C=O) groups is 2. The van der Waals surface area contributed by atoms with E-state index in [1.165, 1.54) is 0 Å². The maximum atomic E-state index is 12.8. The number of benzene rings is 1. The number of rotatable bonds is 5. The van der Waals surface area contributed by atoms with Crippen LogP contribution in [0.5, 0.6) is 5.75 Å². The van der Waals surface area contributed by atoms with Gasteiger partial charge in [-0.1, -0.05) is 0 Å². The zero-order chi connectivity index (χ0) is 18.7. The predicted octanol–water partition coefficient (Wildman–Crippen LogP) is 1.02. The second-order valence-electron chi connectivity index (χ2n) is 6.31. The van der Waals surface area contributed by atoms with Crippen molar-refractivity contribution < 1.29 is 14.3 Å². The minimum absolute atomic E-state index is 0.0387. The Bertz CT molecular complexity index is 786. The Morgan fingerprint density at radius 1 is 1.27 bits per heavy atom. The third-order valence-electron chi connectivity index (χ3n) is 4.73. The van der Waals surface area contributed by atoms with E-state index in [0.717, 1.165) is 17.3 Å². The number of hydrogen-bond donors (Lipinski definition) is 0. The number of carbonyl (C=O) groups excluding carboxylic acids is 2. The van der Waals surface area contributed by atoms with Gasteiger partial charge in [0.05, 0.1) is 7.11 Å². The molecule has 26 heavy (non-hydrogen) atoms. The molecule has 0 N–H and O–H groups in total. The Morgan fingerprint density at radius 2 is 2.00 bits per heavy atom. The minimum Gasteiger partial charge on any atom is -0.497 e. The molecule has 1 atom stereocenters. The van der Waals surface area contributed by atoms with Crippen LogP contribution in [0.2, 0.25) is 0 Å². The average Bonchev–Trinajstić information content (AvgIpc) is 3.07. The Morgan fingerprint density at radius 3 is 2.62 bits per heavy atom. The molecule has 2 aromatic rings. The van der Waals surface area contributed by atoms with Gasteiger partial charge in [0.1, 0.15) is 23.9 Å². The first-order chi connectivity index (χ1) is 12.5. The van der Waals surface area contributed by atoms with Crippen molar-refractivity contribution in [1.82, 2.24) is 19.7 Å². The molecule has 1 aliphatic rings. The van der Waals surface area contributed by atoms with Crippen molar-refractivity contribution in [3.05, 3.63) is 36.4 Å². The van der Waals surface area contributed by atoms with Gasteiger partial charge in [-0.05, 0) is 31.2 Å². The molecule has 0 unspecified atom stereocenters. The standard InChI is InChI=1S/C18H23N5O3/c1-13-18(25)23(14-4-6-15(26-3)7-5-14)11-10-22(13)17(24)9-8-16-20-19-12-21(16)2/h4-7,12-13H,8-11H2,1-3H3/t13-/m0/s1. The van der Waals surface area contributed by atoms with Crippen molar-refractivity contribution in [2.24, 2.45) is 7.05 Å². The van der Waals surface area contributed by atoms with Gasteiger partial charge in [-0.15, -0.1) is 10.2 Å². The summed E-state index contributed by atoms with van der Waals surface area (Å²) in [4.78, 5) is 28.7. The quantitative estimate of drug-likeness (QED) is 0.798. The van der Waals surface area contributed by atoms with Gasteiger partial charge in [0.2, 0.25) is 11.8 Å². The summed E-state index contributed by atoms with van der Waals surface area (Å²) in [6, 6.07) is 6.87. The van der Waals surface area contributed by atoms with E-state index in [9.17, 15) is 9.59 Å². The number of hydrogen-bond acceptors (Lipinski definition) is 5. The number of ether oxygens (including phenoxy) is 1. The lowest BCUT2D eigenvalue weighted by molar-refractivity contribution is -0.140. The maximum Gasteiger partial charge on any atom is 0.249 e. The van der Waals surface area contributed by atoms with Gasteiger partial charge in [0.15, 0.2) is 0 Å². The SMILES string of the molecule is COc1ccc(N2CCN(C(=O)CCc3nncn3C)[C@@H](C)C2=O)cc1. The zero-order valence-corrected chi connectivity index (χ0v) is 15.3. The lowest BCUT2D eigenvalue weighted by atomic mass is 10.1. The van der Waals surface area contributed by atoms with Gasteiger partial charge in [0, 0.05) is 38.7 Å². The number of methoxy groups -OCH3 is 1. The highest BCUT2D eigenvalue weighted by Crippen LogP contribution is 2.23. The molecule has 2 amide bonds. The first-order valence-corrected chi connectivity index (χ1v) is 8.59. The van der Waals surface area contributed by atoms with Crippen LogP contribution >= 0.6 is 0 Å². The Labute approximate surface area is 152 Å². The number of piperazine rings is 1. The summed E-state index contributed by atoms with van der Waals surface area (Å²) in [5.41, 5.74) is 0.814. The van der Waals surface area contributed by atoms with E-state index in [1.807, 2.05) is 31.3 Å². The molecule has 0 radical (unpaired) electrons. The van der Waals surface area contributed by atoms with Crippen molar-refractivity contribution in [2.75, 3.05) is 25.1 Å². The molecule has 0 saturated carbocycles. The van der Waals surface area contributed by atoms with Gasteiger partial charge in [-0.2, -0.15) is 0 Å². The summed E-state index contributed by atoms with van der Waals surface area (Å²) >= 11 is 0. The molecule has 1 aliphatic heterocycles. The molecule has 0 bridgehead atoms. The predicted molar refractivity (Wildman–Crippen MR) is 95.8 cm³/mol. The molecule has 0 spiro atoms. The topological polar surface area (TPSA) is 80.6 Å². The largest absolute Gasteiger partial charge is 0.497 e. The Balaban J connectivity index is 1.63. The van der Waals surface area contributed by atoms with E-state index in [1.54, 1.807) is 34.7 Å². The first-order valence-electron chi connectivity index (χ1n) is 8.59. The van der Waals surface area contributed by atoms with E-state index >= 15 is 0 Å². The molecular formula is C18H23N5O3. The van der Waals surface area contributed by atoms with Crippen LogP contribution in [0, 0.1) is 0 Å². The van der Waals surface area contributed by atoms with Crippen molar-refractivity contribution >= 4 is 17.5 Å². The fourth-order valence-corrected chi connectivity index (χ4v) is 3.13. The number of amides is 2. The van der Waals surface area contributed by atoms with Crippen LogP contribution in [0.25, 0.3) is 0 Å². The van der Waals surface area contributed by atoms with E-state index in [0.29, 0.717) is 25.9 Å². The molecule has 8 nitrogen and oxygen atoms in total. The Hall–Kier alpha value is -2.90. The fourth-order valence-electron chi connectivity index (χ4n) is 3.13. The van der Waals surface area contributed by atoms with Gasteiger partial charge in [-0.25, -0.2) is 0 Å². The van der Waals surface area contributed by atoms with Gasteiger partial charge < -0.3 is 19.1 Å². The summed E-state index contributed by atoms with van der Waals surface area (Å²) in [6.07, 6.45) is 2.43. The summed E-state index contributed by atoms with van der Waals surface area (Å²) in [5, 5.41) is 7.80. The van der Waals surface area contributed by atoms with E-state index in [2.05, 4.69) is 10.2 Å². The van der Waals surface area contributed by atoms with Crippen LogP contribution in [0.4, 0.5) is 5.69 Å². The third kappa shape index (κ3) is 3.54. The minimum atomic E-state index is -0.488. The number of anilines is 1. The third-order valence-corrected chi connectivity index (χ3v) is 4.73. The molecule has 3 rings (SSSR count). The van der Waals surface area contributed by atoms with Crippen LogP contribution < -0.4 is 9.64 Å². The van der Waals surface area contributed by atoms with Crippen LogP contribution in [-0.2, 0) is 23.1 Å². The monoisotopic (exact) mass is 357 g/mol. The maximum absolute atomic E-state index is 12.8. The second kappa shape index (κ2) is 7.55. The van der Waals surface area contributed by atoms with Gasteiger partial charge >= 0.3 is 0 Å². The van der Waals surface area contributed by atoms with Crippen molar-refractivity contribution in [2.45, 2.75) is 25.8 Å². The second-order valence-corrected chi connectivity index (χ2v) is 6.31. The highest BCUT2D eigenvalue weighted by atomic mass is 16.5. The van der Waals surface area contributed by atoms with Crippen LogP contribution in [0.1, 0.15) is 19.2 Å². The summed E-state index contributed by atoms with van der Waals surface area (Å²) in [6.45, 7) is 2.76. The van der Waals surface area contributed by atoms with E-state index in [-0.39, 0.29) is 11.8 Å². The zero-order valence-electron chi connectivity index (χ0n) is 15.3. The normalized spacial score (nSPS) is 17.5. The van der Waals surface area contributed by atoms with Crippen LogP contribution in [-0.4, -0.2) is 57.7 Å². The molecule has 0 aliphatic carbocycles. The molecule has 1 aromatic carbocycles. The number of aromatic nitrogens is 3. The smallest absolute Gasteiger partial charge is 0.249 e. The molecule has 1 aromatic heterocycles. The lowest BCUT2D eigenvalue weighted by Gasteiger charge is -2.39. The first kappa shape index (κ1) is 17.9. The molecule has 2 heterocycles. The van der Waals surface area contributed by atoms with E-state index < -0.39 is 6.04 Å². The molecule has 138 valence electrons. The molecular weight excluding hydrogens is 334 g/mol. The van der Waals surface area contributed by atoms with Crippen LogP contribution in [0.3, 0.4) is 0 Å². The highest BCUT2D eigenvalue weighted by Gasteiger charge is 2.34. The molecule has 1 saturated heterocycles. The van der Waals surface area contributed by atoms with Gasteiger partial charge in [0.25, 0.3) is 0 Å². The average molecular weight is 357 g/mol. The lowest BCUT2D eigenvalue weighted by Crippen LogP contribution is -2.57. The van der Waals surface area contributed by atoms with Crippen LogP contribution in [0.15, 0.2) is 30.6 Å². The molecule has 1 fully saturated rings.